The smallest absolute Gasteiger partial charge is 0.224 e. The normalized spacial score (nSPS) is 17.6. The molecule has 1 saturated heterocycles. The lowest BCUT2D eigenvalue weighted by atomic mass is 9.99. The van der Waals surface area contributed by atoms with Crippen LogP contribution in [0.4, 0.5) is 5.69 Å². The maximum atomic E-state index is 12.7. The van der Waals surface area contributed by atoms with E-state index in [1.807, 2.05) is 23.1 Å². The molecule has 2 amide bonds. The van der Waals surface area contributed by atoms with Crippen molar-refractivity contribution in [3.8, 4) is 0 Å². The molecular weight excluding hydrogens is 312 g/mol. The van der Waals surface area contributed by atoms with Gasteiger partial charge < -0.3 is 9.80 Å². The summed E-state index contributed by atoms with van der Waals surface area (Å²) in [6, 6.07) is 8.38. The van der Waals surface area contributed by atoms with Crippen molar-refractivity contribution in [1.82, 2.24) is 4.90 Å². The van der Waals surface area contributed by atoms with E-state index in [9.17, 15) is 9.59 Å². The Hall–Kier alpha value is -1.84. The molecule has 2 rings (SSSR count). The molecule has 0 aromatic heterocycles. The standard InChI is InChI=1S/C21H32N2O2/c1-5-18-10-8-9-14-23(18)21(25)13-15-22(17(4)24)20-12-7-6-11-19(20)16(2)3/h6-7,11-12,16,18H,5,8-10,13-15H2,1-4H3. The molecule has 0 radical (unpaired) electrons. The fourth-order valence-electron chi connectivity index (χ4n) is 3.77. The third-order valence-corrected chi connectivity index (χ3v) is 5.20. The Morgan fingerprint density at radius 3 is 2.60 bits per heavy atom. The number of carbonyl (C=O) groups excluding carboxylic acids is 2. The second-order valence-electron chi connectivity index (χ2n) is 7.28. The van der Waals surface area contributed by atoms with E-state index in [0.717, 1.165) is 37.1 Å². The van der Waals surface area contributed by atoms with Crippen LogP contribution in [0.25, 0.3) is 0 Å². The van der Waals surface area contributed by atoms with E-state index in [0.29, 0.717) is 24.9 Å². The van der Waals surface area contributed by atoms with Crippen LogP contribution < -0.4 is 4.90 Å². The number of anilines is 1. The maximum absolute atomic E-state index is 12.7. The van der Waals surface area contributed by atoms with Crippen LogP contribution in [0.3, 0.4) is 0 Å². The number of hydrogen-bond acceptors (Lipinski definition) is 2. The summed E-state index contributed by atoms with van der Waals surface area (Å²) in [4.78, 5) is 28.8. The van der Waals surface area contributed by atoms with E-state index in [4.69, 9.17) is 0 Å². The number of benzene rings is 1. The Balaban J connectivity index is 2.10. The van der Waals surface area contributed by atoms with Crippen molar-refractivity contribution in [2.45, 2.75) is 71.8 Å². The van der Waals surface area contributed by atoms with E-state index >= 15 is 0 Å². The Labute approximate surface area is 152 Å². The van der Waals surface area contributed by atoms with Crippen LogP contribution in [0, 0.1) is 0 Å². The molecule has 1 aliphatic heterocycles. The fourth-order valence-corrected chi connectivity index (χ4v) is 3.77. The molecule has 4 heteroatoms. The first-order valence-electron chi connectivity index (χ1n) is 9.62. The molecule has 25 heavy (non-hydrogen) atoms. The number of para-hydroxylation sites is 1. The average Bonchev–Trinajstić information content (AvgIpc) is 2.61. The summed E-state index contributed by atoms with van der Waals surface area (Å²) in [6.07, 6.45) is 4.81. The second-order valence-corrected chi connectivity index (χ2v) is 7.28. The van der Waals surface area contributed by atoms with Gasteiger partial charge in [0.1, 0.15) is 0 Å². The Morgan fingerprint density at radius 2 is 1.96 bits per heavy atom. The molecule has 0 aliphatic carbocycles. The van der Waals surface area contributed by atoms with Gasteiger partial charge in [-0.25, -0.2) is 0 Å². The van der Waals surface area contributed by atoms with Crippen LogP contribution in [-0.4, -0.2) is 35.8 Å². The fraction of sp³-hybridized carbons (Fsp3) is 0.619. The lowest BCUT2D eigenvalue weighted by Crippen LogP contribution is -2.44. The minimum atomic E-state index is -0.00779. The summed E-state index contributed by atoms with van der Waals surface area (Å²) >= 11 is 0. The van der Waals surface area contributed by atoms with Crippen LogP contribution in [0.1, 0.15) is 71.3 Å². The quantitative estimate of drug-likeness (QED) is 0.770. The Kier molecular flexibility index (Phi) is 7.03. The molecular formula is C21H32N2O2. The summed E-state index contributed by atoms with van der Waals surface area (Å²) < 4.78 is 0. The van der Waals surface area contributed by atoms with E-state index < -0.39 is 0 Å². The molecule has 0 spiro atoms. The van der Waals surface area contributed by atoms with Crippen molar-refractivity contribution in [2.24, 2.45) is 0 Å². The van der Waals surface area contributed by atoms with Gasteiger partial charge in [0.25, 0.3) is 0 Å². The predicted octanol–water partition coefficient (Wildman–Crippen LogP) is 4.34. The molecule has 1 fully saturated rings. The summed E-state index contributed by atoms with van der Waals surface area (Å²) in [5.41, 5.74) is 2.08. The SMILES string of the molecule is CCC1CCCCN1C(=O)CCN(C(C)=O)c1ccccc1C(C)C. The lowest BCUT2D eigenvalue weighted by Gasteiger charge is -2.36. The Bertz CT molecular complexity index is 597. The van der Waals surface area contributed by atoms with Crippen LogP contribution in [0.2, 0.25) is 0 Å². The van der Waals surface area contributed by atoms with Gasteiger partial charge in [0.15, 0.2) is 0 Å². The van der Waals surface area contributed by atoms with Gasteiger partial charge in [-0.2, -0.15) is 0 Å². The van der Waals surface area contributed by atoms with Gasteiger partial charge in [-0.15, -0.1) is 0 Å². The van der Waals surface area contributed by atoms with Gasteiger partial charge in [0.05, 0.1) is 0 Å². The van der Waals surface area contributed by atoms with E-state index in [-0.39, 0.29) is 11.8 Å². The monoisotopic (exact) mass is 344 g/mol. The largest absolute Gasteiger partial charge is 0.340 e. The average molecular weight is 344 g/mol. The number of carbonyl (C=O) groups is 2. The van der Waals surface area contributed by atoms with Gasteiger partial charge in [0, 0.05) is 38.2 Å². The summed E-state index contributed by atoms with van der Waals surface area (Å²) in [5, 5.41) is 0. The summed E-state index contributed by atoms with van der Waals surface area (Å²) in [6.45, 7) is 9.29. The molecule has 0 N–H and O–H groups in total. The molecule has 0 bridgehead atoms. The summed E-state index contributed by atoms with van der Waals surface area (Å²) in [5.74, 6) is 0.506. The molecule has 1 atom stereocenters. The van der Waals surface area contributed by atoms with Gasteiger partial charge >= 0.3 is 0 Å². The van der Waals surface area contributed by atoms with Crippen molar-refractivity contribution in [3.63, 3.8) is 0 Å². The highest BCUT2D eigenvalue weighted by atomic mass is 16.2. The molecule has 1 aromatic rings. The third-order valence-electron chi connectivity index (χ3n) is 5.20. The molecule has 4 nitrogen and oxygen atoms in total. The van der Waals surface area contributed by atoms with Crippen molar-refractivity contribution in [2.75, 3.05) is 18.0 Å². The number of amides is 2. The molecule has 1 heterocycles. The highest BCUT2D eigenvalue weighted by Crippen LogP contribution is 2.28. The maximum Gasteiger partial charge on any atom is 0.224 e. The highest BCUT2D eigenvalue weighted by molar-refractivity contribution is 5.93. The van der Waals surface area contributed by atoms with Crippen LogP contribution in [-0.2, 0) is 9.59 Å². The topological polar surface area (TPSA) is 40.6 Å². The van der Waals surface area contributed by atoms with Crippen LogP contribution >= 0.6 is 0 Å². The zero-order chi connectivity index (χ0) is 18.4. The number of hydrogen-bond donors (Lipinski definition) is 0. The summed E-state index contributed by atoms with van der Waals surface area (Å²) in [7, 11) is 0. The number of piperidine rings is 1. The van der Waals surface area contributed by atoms with E-state index in [1.165, 1.54) is 6.42 Å². The van der Waals surface area contributed by atoms with Crippen molar-refractivity contribution >= 4 is 17.5 Å². The molecule has 0 saturated carbocycles. The van der Waals surface area contributed by atoms with Crippen LogP contribution in [0.5, 0.6) is 0 Å². The van der Waals surface area contributed by atoms with Crippen LogP contribution in [0.15, 0.2) is 24.3 Å². The minimum absolute atomic E-state index is 0.00779. The molecule has 1 unspecified atom stereocenters. The Morgan fingerprint density at radius 1 is 1.24 bits per heavy atom. The second kappa shape index (κ2) is 9.02. The van der Waals surface area contributed by atoms with Gasteiger partial charge in [-0.3, -0.25) is 9.59 Å². The molecule has 1 aromatic carbocycles. The number of rotatable bonds is 6. The lowest BCUT2D eigenvalue weighted by molar-refractivity contribution is -0.134. The van der Waals surface area contributed by atoms with Gasteiger partial charge in [0.2, 0.25) is 11.8 Å². The first-order chi connectivity index (χ1) is 12.0. The molecule has 1 aliphatic rings. The zero-order valence-electron chi connectivity index (χ0n) is 16.1. The third kappa shape index (κ3) is 4.83. The van der Waals surface area contributed by atoms with E-state index in [2.05, 4.69) is 26.8 Å². The first kappa shape index (κ1) is 19.5. The molecule has 138 valence electrons. The van der Waals surface area contributed by atoms with Crippen molar-refractivity contribution in [3.05, 3.63) is 29.8 Å². The number of nitrogens with zero attached hydrogens (tertiary/aromatic N) is 2. The predicted molar refractivity (Wildman–Crippen MR) is 103 cm³/mol. The van der Waals surface area contributed by atoms with Gasteiger partial charge in [-0.05, 0) is 43.2 Å². The first-order valence-corrected chi connectivity index (χ1v) is 9.62. The highest BCUT2D eigenvalue weighted by Gasteiger charge is 2.26. The van der Waals surface area contributed by atoms with E-state index in [1.54, 1.807) is 11.8 Å². The number of likely N-dealkylation sites (tertiary alicyclic amines) is 1. The minimum Gasteiger partial charge on any atom is -0.340 e. The van der Waals surface area contributed by atoms with Crippen molar-refractivity contribution < 1.29 is 9.59 Å². The van der Waals surface area contributed by atoms with Crippen molar-refractivity contribution in [1.29, 1.82) is 0 Å². The zero-order valence-corrected chi connectivity index (χ0v) is 16.1. The van der Waals surface area contributed by atoms with Gasteiger partial charge in [-0.1, -0.05) is 39.0 Å².